The van der Waals surface area contributed by atoms with Gasteiger partial charge in [0.25, 0.3) is 0 Å². The van der Waals surface area contributed by atoms with Gasteiger partial charge in [-0.25, -0.2) is 4.98 Å². The Balaban J connectivity index is 1.59. The third-order valence-corrected chi connectivity index (χ3v) is 4.79. The number of imidazole rings is 1. The molecule has 4 nitrogen and oxygen atoms in total. The molecule has 1 aromatic heterocycles. The minimum atomic E-state index is 0.102. The van der Waals surface area contributed by atoms with Gasteiger partial charge in [-0.1, -0.05) is 37.1 Å². The number of rotatable bonds is 4. The van der Waals surface area contributed by atoms with E-state index in [2.05, 4.69) is 15.3 Å². The van der Waals surface area contributed by atoms with Crippen molar-refractivity contribution in [2.45, 2.75) is 32.1 Å². The van der Waals surface area contributed by atoms with Crippen LogP contribution in [0.15, 0.2) is 48.5 Å². The number of hydrogen-bond acceptors (Lipinski definition) is 2. The molecule has 0 aliphatic heterocycles. The molecule has 3 aromatic rings. The normalized spacial score (nSPS) is 15.0. The summed E-state index contributed by atoms with van der Waals surface area (Å²) >= 11 is 0. The van der Waals surface area contributed by atoms with Crippen LogP contribution in [0.1, 0.15) is 32.1 Å². The summed E-state index contributed by atoms with van der Waals surface area (Å²) in [7, 11) is 0. The van der Waals surface area contributed by atoms with Crippen LogP contribution in [0.4, 0.5) is 5.69 Å². The Morgan fingerprint density at radius 3 is 2.67 bits per heavy atom. The molecule has 1 amide bonds. The number of aromatic nitrogens is 2. The maximum Gasteiger partial charge on any atom is 0.224 e. The van der Waals surface area contributed by atoms with Crippen LogP contribution in [-0.2, 0) is 4.79 Å². The van der Waals surface area contributed by atoms with E-state index in [0.717, 1.165) is 28.1 Å². The zero-order valence-corrected chi connectivity index (χ0v) is 13.6. The van der Waals surface area contributed by atoms with Gasteiger partial charge >= 0.3 is 0 Å². The molecule has 0 unspecified atom stereocenters. The molecule has 4 heteroatoms. The molecule has 0 atom stereocenters. The Kier molecular flexibility index (Phi) is 4.03. The molecule has 1 heterocycles. The maximum atomic E-state index is 12.4. The fraction of sp³-hybridized carbons (Fsp3) is 0.300. The highest BCUT2D eigenvalue weighted by Gasteiger charge is 2.19. The first-order valence-electron chi connectivity index (χ1n) is 8.63. The molecule has 0 saturated heterocycles. The van der Waals surface area contributed by atoms with Gasteiger partial charge in [0.15, 0.2) is 0 Å². The lowest BCUT2D eigenvalue weighted by molar-refractivity contribution is -0.117. The van der Waals surface area contributed by atoms with Crippen LogP contribution in [0.2, 0.25) is 0 Å². The van der Waals surface area contributed by atoms with E-state index in [1.807, 2.05) is 48.5 Å². The van der Waals surface area contributed by atoms with Crippen molar-refractivity contribution in [2.75, 3.05) is 5.32 Å². The van der Waals surface area contributed by atoms with Crippen LogP contribution >= 0.6 is 0 Å². The van der Waals surface area contributed by atoms with Crippen molar-refractivity contribution in [3.63, 3.8) is 0 Å². The standard InChI is InChI=1S/C20H21N3O/c24-19(13-14-7-1-2-8-14)21-16-10-4-3-9-15(16)20-22-17-11-5-6-12-18(17)23-20/h3-6,9-12,14H,1-2,7-8,13H2,(H,21,24)(H,22,23). The zero-order valence-electron chi connectivity index (χ0n) is 13.6. The first-order valence-corrected chi connectivity index (χ1v) is 8.63. The fourth-order valence-electron chi connectivity index (χ4n) is 3.56. The molecule has 4 rings (SSSR count). The molecule has 0 bridgehead atoms. The lowest BCUT2D eigenvalue weighted by atomic mass is 10.0. The minimum Gasteiger partial charge on any atom is -0.338 e. The van der Waals surface area contributed by atoms with Crippen LogP contribution < -0.4 is 5.32 Å². The molecule has 1 saturated carbocycles. The third kappa shape index (κ3) is 3.04. The molecule has 1 aliphatic carbocycles. The molecule has 0 spiro atoms. The Bertz CT molecular complexity index is 829. The predicted molar refractivity (Wildman–Crippen MR) is 96.7 cm³/mol. The van der Waals surface area contributed by atoms with Gasteiger partial charge in [0.05, 0.1) is 16.7 Å². The number of nitrogens with one attached hydrogen (secondary N) is 2. The van der Waals surface area contributed by atoms with Crippen LogP contribution in [0.25, 0.3) is 22.4 Å². The van der Waals surface area contributed by atoms with Crippen molar-refractivity contribution >= 4 is 22.6 Å². The summed E-state index contributed by atoms with van der Waals surface area (Å²) in [5, 5.41) is 3.08. The summed E-state index contributed by atoms with van der Waals surface area (Å²) in [4.78, 5) is 20.4. The highest BCUT2D eigenvalue weighted by Crippen LogP contribution is 2.30. The van der Waals surface area contributed by atoms with Gasteiger partial charge in [-0.05, 0) is 43.0 Å². The van der Waals surface area contributed by atoms with Crippen LogP contribution in [0.5, 0.6) is 0 Å². The van der Waals surface area contributed by atoms with Crippen molar-refractivity contribution in [1.82, 2.24) is 9.97 Å². The molecule has 2 N–H and O–H groups in total. The number of benzene rings is 2. The van der Waals surface area contributed by atoms with Crippen molar-refractivity contribution in [3.05, 3.63) is 48.5 Å². The van der Waals surface area contributed by atoms with Crippen molar-refractivity contribution in [2.24, 2.45) is 5.92 Å². The number of H-pyrrole nitrogens is 1. The van der Waals surface area contributed by atoms with E-state index in [9.17, 15) is 4.79 Å². The van der Waals surface area contributed by atoms with Gasteiger partial charge in [-0.15, -0.1) is 0 Å². The van der Waals surface area contributed by atoms with E-state index < -0.39 is 0 Å². The number of aromatic amines is 1. The zero-order chi connectivity index (χ0) is 16.4. The molecule has 1 fully saturated rings. The van der Waals surface area contributed by atoms with E-state index in [0.29, 0.717) is 12.3 Å². The van der Waals surface area contributed by atoms with Gasteiger partial charge in [-0.3, -0.25) is 4.79 Å². The Hall–Kier alpha value is -2.62. The van der Waals surface area contributed by atoms with Gasteiger partial charge in [0, 0.05) is 12.0 Å². The Morgan fingerprint density at radius 1 is 1.08 bits per heavy atom. The van der Waals surface area contributed by atoms with Crippen LogP contribution in [0, 0.1) is 5.92 Å². The van der Waals surface area contributed by atoms with E-state index in [-0.39, 0.29) is 5.91 Å². The summed E-state index contributed by atoms with van der Waals surface area (Å²) in [5.41, 5.74) is 3.67. The summed E-state index contributed by atoms with van der Waals surface area (Å²) < 4.78 is 0. The third-order valence-electron chi connectivity index (χ3n) is 4.79. The monoisotopic (exact) mass is 319 g/mol. The van der Waals surface area contributed by atoms with E-state index in [1.165, 1.54) is 25.7 Å². The average Bonchev–Trinajstić information content (AvgIpc) is 3.24. The van der Waals surface area contributed by atoms with Gasteiger partial charge in [0.1, 0.15) is 5.82 Å². The van der Waals surface area contributed by atoms with Crippen molar-refractivity contribution in [3.8, 4) is 11.4 Å². The molecule has 122 valence electrons. The quantitative estimate of drug-likeness (QED) is 0.729. The SMILES string of the molecule is O=C(CC1CCCC1)Nc1ccccc1-c1nc2ccccc2[nH]1. The number of anilines is 1. The summed E-state index contributed by atoms with van der Waals surface area (Å²) in [5.74, 6) is 1.43. The molecule has 0 radical (unpaired) electrons. The molecule has 1 aliphatic rings. The lowest BCUT2D eigenvalue weighted by Crippen LogP contribution is -2.15. The first-order chi connectivity index (χ1) is 11.8. The van der Waals surface area contributed by atoms with E-state index >= 15 is 0 Å². The first kappa shape index (κ1) is 14.9. The number of fused-ring (bicyclic) bond motifs is 1. The fourth-order valence-corrected chi connectivity index (χ4v) is 3.56. The summed E-state index contributed by atoms with van der Waals surface area (Å²) in [6.07, 6.45) is 5.49. The summed E-state index contributed by atoms with van der Waals surface area (Å²) in [6, 6.07) is 15.8. The largest absolute Gasteiger partial charge is 0.338 e. The second kappa shape index (κ2) is 6.48. The molecular weight excluding hydrogens is 298 g/mol. The second-order valence-electron chi connectivity index (χ2n) is 6.55. The number of hydrogen-bond donors (Lipinski definition) is 2. The number of carbonyl (C=O) groups excluding carboxylic acids is 1. The van der Waals surface area contributed by atoms with E-state index in [1.54, 1.807) is 0 Å². The minimum absolute atomic E-state index is 0.102. The highest BCUT2D eigenvalue weighted by molar-refractivity contribution is 5.95. The Morgan fingerprint density at radius 2 is 1.83 bits per heavy atom. The highest BCUT2D eigenvalue weighted by atomic mass is 16.1. The van der Waals surface area contributed by atoms with E-state index in [4.69, 9.17) is 0 Å². The number of para-hydroxylation sites is 3. The smallest absolute Gasteiger partial charge is 0.224 e. The number of nitrogens with zero attached hydrogens (tertiary/aromatic N) is 1. The van der Waals surface area contributed by atoms with Crippen molar-refractivity contribution < 1.29 is 4.79 Å². The number of carbonyl (C=O) groups is 1. The maximum absolute atomic E-state index is 12.4. The lowest BCUT2D eigenvalue weighted by Gasteiger charge is -2.12. The van der Waals surface area contributed by atoms with Gasteiger partial charge in [0.2, 0.25) is 5.91 Å². The Labute approximate surface area is 141 Å². The number of amides is 1. The topological polar surface area (TPSA) is 57.8 Å². The average molecular weight is 319 g/mol. The van der Waals surface area contributed by atoms with Gasteiger partial charge < -0.3 is 10.3 Å². The summed E-state index contributed by atoms with van der Waals surface area (Å²) in [6.45, 7) is 0. The van der Waals surface area contributed by atoms with Crippen molar-refractivity contribution in [1.29, 1.82) is 0 Å². The molecular formula is C20H21N3O. The van der Waals surface area contributed by atoms with Gasteiger partial charge in [-0.2, -0.15) is 0 Å². The van der Waals surface area contributed by atoms with Crippen LogP contribution in [-0.4, -0.2) is 15.9 Å². The second-order valence-corrected chi connectivity index (χ2v) is 6.55. The molecule has 2 aromatic carbocycles. The predicted octanol–water partition coefficient (Wildman–Crippen LogP) is 4.75. The van der Waals surface area contributed by atoms with Crippen LogP contribution in [0.3, 0.4) is 0 Å². The molecule has 24 heavy (non-hydrogen) atoms.